The van der Waals surface area contributed by atoms with Gasteiger partial charge in [0.25, 0.3) is 5.91 Å². The molecule has 4 heterocycles. The number of nitrogens with zero attached hydrogens (tertiary/aromatic N) is 5. The predicted molar refractivity (Wildman–Crippen MR) is 89.8 cm³/mol. The summed E-state index contributed by atoms with van der Waals surface area (Å²) in [5.74, 6) is 0.847. The first kappa shape index (κ1) is 14.7. The van der Waals surface area contributed by atoms with Gasteiger partial charge >= 0.3 is 0 Å². The van der Waals surface area contributed by atoms with Gasteiger partial charge in [0, 0.05) is 38.6 Å². The lowest BCUT2D eigenvalue weighted by molar-refractivity contribution is 0.0925. The molecule has 1 saturated heterocycles. The maximum Gasteiger partial charge on any atom is 0.271 e. The SMILES string of the molecule is Cn1ccc(C(=O)NC2CCN(c3ncnc4[nH]ccc34)CC2)n1. The van der Waals surface area contributed by atoms with E-state index in [9.17, 15) is 4.79 Å². The summed E-state index contributed by atoms with van der Waals surface area (Å²) in [5, 5.41) is 8.25. The van der Waals surface area contributed by atoms with Crippen LogP contribution in [0.15, 0.2) is 30.9 Å². The van der Waals surface area contributed by atoms with Crippen molar-refractivity contribution >= 4 is 22.8 Å². The molecule has 24 heavy (non-hydrogen) atoms. The summed E-state index contributed by atoms with van der Waals surface area (Å²) in [6.07, 6.45) is 7.00. The average molecular weight is 325 g/mol. The zero-order valence-corrected chi connectivity index (χ0v) is 13.4. The molecule has 1 aliphatic heterocycles. The Kier molecular flexibility index (Phi) is 3.64. The maximum atomic E-state index is 12.2. The molecule has 124 valence electrons. The Bertz CT molecular complexity index is 860. The molecule has 0 saturated carbocycles. The van der Waals surface area contributed by atoms with Crippen LogP contribution >= 0.6 is 0 Å². The summed E-state index contributed by atoms with van der Waals surface area (Å²) < 4.78 is 1.63. The van der Waals surface area contributed by atoms with E-state index >= 15 is 0 Å². The summed E-state index contributed by atoms with van der Waals surface area (Å²) in [7, 11) is 1.80. The lowest BCUT2D eigenvalue weighted by Crippen LogP contribution is -2.45. The molecule has 0 aliphatic carbocycles. The van der Waals surface area contributed by atoms with Gasteiger partial charge in [-0.25, -0.2) is 9.97 Å². The van der Waals surface area contributed by atoms with Crippen LogP contribution in [0.1, 0.15) is 23.3 Å². The Balaban J connectivity index is 1.40. The largest absolute Gasteiger partial charge is 0.356 e. The molecule has 2 N–H and O–H groups in total. The van der Waals surface area contributed by atoms with E-state index in [0.29, 0.717) is 5.69 Å². The van der Waals surface area contributed by atoms with Gasteiger partial charge in [0.1, 0.15) is 23.5 Å². The highest BCUT2D eigenvalue weighted by Crippen LogP contribution is 2.25. The van der Waals surface area contributed by atoms with Crippen molar-refractivity contribution in [2.45, 2.75) is 18.9 Å². The fraction of sp³-hybridized carbons (Fsp3) is 0.375. The Morgan fingerprint density at radius 3 is 2.88 bits per heavy atom. The summed E-state index contributed by atoms with van der Waals surface area (Å²) in [5.41, 5.74) is 1.32. The highest BCUT2D eigenvalue weighted by atomic mass is 16.2. The van der Waals surface area contributed by atoms with E-state index in [1.54, 1.807) is 30.3 Å². The quantitative estimate of drug-likeness (QED) is 0.752. The smallest absolute Gasteiger partial charge is 0.271 e. The van der Waals surface area contributed by atoms with Crippen LogP contribution in [-0.2, 0) is 7.05 Å². The summed E-state index contributed by atoms with van der Waals surface area (Å²) in [6.45, 7) is 1.70. The molecule has 8 heteroatoms. The number of amides is 1. The molecule has 3 aromatic rings. The van der Waals surface area contributed by atoms with E-state index in [4.69, 9.17) is 0 Å². The molecule has 1 amide bonds. The Morgan fingerprint density at radius 2 is 2.12 bits per heavy atom. The molecule has 1 fully saturated rings. The maximum absolute atomic E-state index is 12.2. The lowest BCUT2D eigenvalue weighted by atomic mass is 10.0. The topological polar surface area (TPSA) is 91.7 Å². The number of nitrogens with one attached hydrogen (secondary N) is 2. The van der Waals surface area contributed by atoms with Crippen molar-refractivity contribution in [2.75, 3.05) is 18.0 Å². The minimum Gasteiger partial charge on any atom is -0.356 e. The molecule has 3 aromatic heterocycles. The standard InChI is InChI=1S/C16H19N7O/c1-22-7-5-13(21-22)16(24)20-11-3-8-23(9-4-11)15-12-2-6-17-14(12)18-10-19-15/h2,5-7,10-11H,3-4,8-9H2,1H3,(H,20,24)(H,17,18,19). The number of rotatable bonds is 3. The molecule has 0 unspecified atom stereocenters. The van der Waals surface area contributed by atoms with Crippen LogP contribution in [-0.4, -0.2) is 49.8 Å². The number of piperidine rings is 1. The Hall–Kier alpha value is -2.90. The average Bonchev–Trinajstić information content (AvgIpc) is 3.24. The van der Waals surface area contributed by atoms with Crippen LogP contribution in [0.5, 0.6) is 0 Å². The number of aromatic nitrogens is 5. The molecule has 0 aromatic carbocycles. The fourth-order valence-corrected chi connectivity index (χ4v) is 3.14. The second-order valence-electron chi connectivity index (χ2n) is 6.05. The van der Waals surface area contributed by atoms with Crippen LogP contribution in [0.4, 0.5) is 5.82 Å². The highest BCUT2D eigenvalue weighted by molar-refractivity contribution is 5.92. The summed E-state index contributed by atoms with van der Waals surface area (Å²) in [4.78, 5) is 26.2. The van der Waals surface area contributed by atoms with E-state index in [0.717, 1.165) is 42.8 Å². The first-order valence-electron chi connectivity index (χ1n) is 8.04. The van der Waals surface area contributed by atoms with Crippen molar-refractivity contribution in [3.05, 3.63) is 36.5 Å². The van der Waals surface area contributed by atoms with Gasteiger partial charge in [-0.05, 0) is 25.0 Å². The van der Waals surface area contributed by atoms with Gasteiger partial charge in [0.05, 0.1) is 5.39 Å². The fourth-order valence-electron chi connectivity index (χ4n) is 3.14. The third-order valence-corrected chi connectivity index (χ3v) is 4.41. The van der Waals surface area contributed by atoms with E-state index < -0.39 is 0 Å². The minimum atomic E-state index is -0.107. The minimum absolute atomic E-state index is 0.107. The molecule has 4 rings (SSSR count). The Labute approximate surface area is 138 Å². The first-order valence-corrected chi connectivity index (χ1v) is 8.04. The number of anilines is 1. The monoisotopic (exact) mass is 325 g/mol. The van der Waals surface area contributed by atoms with E-state index in [2.05, 4.69) is 30.3 Å². The Morgan fingerprint density at radius 1 is 1.29 bits per heavy atom. The number of carbonyl (C=O) groups excluding carboxylic acids is 1. The van der Waals surface area contributed by atoms with Crippen LogP contribution in [0.2, 0.25) is 0 Å². The first-order chi connectivity index (χ1) is 11.7. The van der Waals surface area contributed by atoms with Gasteiger partial charge in [-0.2, -0.15) is 5.10 Å². The molecule has 0 radical (unpaired) electrons. The van der Waals surface area contributed by atoms with E-state index in [1.165, 1.54) is 0 Å². The van der Waals surface area contributed by atoms with Crippen molar-refractivity contribution in [2.24, 2.45) is 7.05 Å². The van der Waals surface area contributed by atoms with Crippen molar-refractivity contribution in [3.8, 4) is 0 Å². The molecular formula is C16H19N7O. The van der Waals surface area contributed by atoms with Crippen LogP contribution < -0.4 is 10.2 Å². The predicted octanol–water partition coefficient (Wildman–Crippen LogP) is 1.09. The number of aromatic amines is 1. The molecule has 0 bridgehead atoms. The number of carbonyl (C=O) groups is 1. The zero-order valence-electron chi connectivity index (χ0n) is 13.4. The van der Waals surface area contributed by atoms with Crippen LogP contribution in [0.3, 0.4) is 0 Å². The molecule has 0 spiro atoms. The molecule has 0 atom stereocenters. The molecule has 8 nitrogen and oxygen atoms in total. The zero-order chi connectivity index (χ0) is 16.5. The second kappa shape index (κ2) is 5.95. The van der Waals surface area contributed by atoms with Crippen molar-refractivity contribution in [1.82, 2.24) is 30.0 Å². The molecule has 1 aliphatic rings. The number of hydrogen-bond donors (Lipinski definition) is 2. The van der Waals surface area contributed by atoms with Crippen molar-refractivity contribution in [1.29, 1.82) is 0 Å². The normalized spacial score (nSPS) is 15.8. The van der Waals surface area contributed by atoms with Gasteiger partial charge in [-0.15, -0.1) is 0 Å². The number of hydrogen-bond acceptors (Lipinski definition) is 5. The van der Waals surface area contributed by atoms with Gasteiger partial charge in [-0.1, -0.05) is 0 Å². The van der Waals surface area contributed by atoms with Crippen LogP contribution in [0.25, 0.3) is 11.0 Å². The van der Waals surface area contributed by atoms with Crippen molar-refractivity contribution < 1.29 is 4.79 Å². The number of H-pyrrole nitrogens is 1. The van der Waals surface area contributed by atoms with Gasteiger partial charge in [0.15, 0.2) is 0 Å². The van der Waals surface area contributed by atoms with Crippen molar-refractivity contribution in [3.63, 3.8) is 0 Å². The van der Waals surface area contributed by atoms with Gasteiger partial charge < -0.3 is 15.2 Å². The third kappa shape index (κ3) is 2.70. The van der Waals surface area contributed by atoms with Gasteiger partial charge in [0.2, 0.25) is 0 Å². The third-order valence-electron chi connectivity index (χ3n) is 4.41. The molecular weight excluding hydrogens is 306 g/mol. The van der Waals surface area contributed by atoms with E-state index in [-0.39, 0.29) is 11.9 Å². The highest BCUT2D eigenvalue weighted by Gasteiger charge is 2.23. The lowest BCUT2D eigenvalue weighted by Gasteiger charge is -2.33. The summed E-state index contributed by atoms with van der Waals surface area (Å²) >= 11 is 0. The van der Waals surface area contributed by atoms with Crippen LogP contribution in [0, 0.1) is 0 Å². The van der Waals surface area contributed by atoms with Gasteiger partial charge in [-0.3, -0.25) is 9.48 Å². The second-order valence-corrected chi connectivity index (χ2v) is 6.05. The summed E-state index contributed by atoms with van der Waals surface area (Å²) in [6, 6.07) is 3.90. The number of aryl methyl sites for hydroxylation is 1. The van der Waals surface area contributed by atoms with E-state index in [1.807, 2.05) is 12.3 Å². The number of fused-ring (bicyclic) bond motifs is 1.